The number of aliphatic hydroxyl groups excluding tert-OH is 3. The first kappa shape index (κ1) is 28.6. The van der Waals surface area contributed by atoms with Crippen LogP contribution in [-0.4, -0.2) is 83.8 Å². The van der Waals surface area contributed by atoms with E-state index in [1.165, 1.54) is 12.0 Å². The monoisotopic (exact) mass is 540 g/mol. The van der Waals surface area contributed by atoms with Crippen molar-refractivity contribution in [1.29, 1.82) is 0 Å². The Labute approximate surface area is 227 Å². The second-order valence-electron chi connectivity index (χ2n) is 9.66. The molecular formula is C29H36N2O8. The molecule has 4 rings (SSSR count). The molecule has 0 fully saturated rings. The number of ether oxygens (including phenoxy) is 3. The van der Waals surface area contributed by atoms with Crippen LogP contribution in [0.1, 0.15) is 35.1 Å². The number of carbonyl (C=O) groups is 2. The van der Waals surface area contributed by atoms with Crippen molar-refractivity contribution < 1.29 is 39.1 Å². The summed E-state index contributed by atoms with van der Waals surface area (Å²) in [6.07, 6.45) is -0.504. The standard InChI is InChI=1S/C29H36N2O8/c1-4-38-16-24(34)31(14-18-7-5-17(2)6-8-18)22-13-21(29(36)30-9-10-32)25-20-11-19(15-33)12-23(37-3)27(20)39-28(25)26(22)35/h5-8,11-13,22,25-26,28,32-33,35H,4,9-10,14-16H2,1-3H3,(H,30,36). The predicted octanol–water partition coefficient (Wildman–Crippen LogP) is 1.18. The van der Waals surface area contributed by atoms with Crippen LogP contribution in [0, 0.1) is 6.92 Å². The van der Waals surface area contributed by atoms with Crippen molar-refractivity contribution in [3.63, 3.8) is 0 Å². The molecule has 4 unspecified atom stereocenters. The number of aliphatic hydroxyl groups is 3. The third kappa shape index (κ3) is 5.94. The lowest BCUT2D eigenvalue weighted by molar-refractivity contribution is -0.142. The molecule has 39 heavy (non-hydrogen) atoms. The van der Waals surface area contributed by atoms with Crippen LogP contribution in [0.4, 0.5) is 0 Å². The molecule has 2 aromatic rings. The summed E-state index contributed by atoms with van der Waals surface area (Å²) in [4.78, 5) is 28.3. The first-order valence-corrected chi connectivity index (χ1v) is 13.0. The van der Waals surface area contributed by atoms with Gasteiger partial charge in [0.2, 0.25) is 11.8 Å². The van der Waals surface area contributed by atoms with Gasteiger partial charge in [-0.2, -0.15) is 0 Å². The molecule has 0 spiro atoms. The van der Waals surface area contributed by atoms with Crippen LogP contribution in [0.5, 0.6) is 11.5 Å². The van der Waals surface area contributed by atoms with Crippen LogP contribution < -0.4 is 14.8 Å². The molecule has 1 aliphatic heterocycles. The van der Waals surface area contributed by atoms with Gasteiger partial charge in [0.05, 0.1) is 32.3 Å². The Kier molecular flexibility index (Phi) is 9.24. The highest BCUT2D eigenvalue weighted by Gasteiger charge is 2.51. The second-order valence-corrected chi connectivity index (χ2v) is 9.66. The average molecular weight is 541 g/mol. The largest absolute Gasteiger partial charge is 0.493 e. The van der Waals surface area contributed by atoms with Crippen molar-refractivity contribution in [2.45, 2.75) is 51.2 Å². The van der Waals surface area contributed by atoms with Crippen LogP contribution >= 0.6 is 0 Å². The van der Waals surface area contributed by atoms with E-state index in [0.29, 0.717) is 29.2 Å². The predicted molar refractivity (Wildman–Crippen MR) is 142 cm³/mol. The highest BCUT2D eigenvalue weighted by Crippen LogP contribution is 2.51. The van der Waals surface area contributed by atoms with Gasteiger partial charge in [0.15, 0.2) is 11.5 Å². The minimum Gasteiger partial charge on any atom is -0.493 e. The summed E-state index contributed by atoms with van der Waals surface area (Å²) in [5.74, 6) is -0.742. The number of carbonyl (C=O) groups excluding carboxylic acids is 2. The first-order valence-electron chi connectivity index (χ1n) is 13.0. The molecule has 0 saturated heterocycles. The smallest absolute Gasteiger partial charge is 0.249 e. The second kappa shape index (κ2) is 12.6. The molecule has 10 heteroatoms. The van der Waals surface area contributed by atoms with E-state index in [1.807, 2.05) is 31.2 Å². The van der Waals surface area contributed by atoms with Crippen molar-refractivity contribution in [3.8, 4) is 11.5 Å². The van der Waals surface area contributed by atoms with Gasteiger partial charge in [-0.25, -0.2) is 0 Å². The molecule has 4 atom stereocenters. The molecule has 1 aliphatic carbocycles. The van der Waals surface area contributed by atoms with Crippen molar-refractivity contribution >= 4 is 11.8 Å². The maximum atomic E-state index is 13.4. The van der Waals surface area contributed by atoms with Crippen LogP contribution in [0.15, 0.2) is 48.0 Å². The number of amides is 2. The number of hydrogen-bond acceptors (Lipinski definition) is 8. The van der Waals surface area contributed by atoms with E-state index in [1.54, 1.807) is 25.1 Å². The number of nitrogens with zero attached hydrogens (tertiary/aromatic N) is 1. The van der Waals surface area contributed by atoms with Gasteiger partial charge in [0.25, 0.3) is 0 Å². The molecule has 0 radical (unpaired) electrons. The van der Waals surface area contributed by atoms with Gasteiger partial charge in [0.1, 0.15) is 18.8 Å². The first-order chi connectivity index (χ1) is 18.8. The normalized spacial score (nSPS) is 21.3. The summed E-state index contributed by atoms with van der Waals surface area (Å²) in [7, 11) is 1.47. The van der Waals surface area contributed by atoms with Gasteiger partial charge in [-0.15, -0.1) is 0 Å². The van der Waals surface area contributed by atoms with E-state index in [4.69, 9.17) is 14.2 Å². The van der Waals surface area contributed by atoms with Crippen LogP contribution in [-0.2, 0) is 27.5 Å². The van der Waals surface area contributed by atoms with Crippen LogP contribution in [0.25, 0.3) is 0 Å². The zero-order chi connectivity index (χ0) is 28.1. The molecule has 210 valence electrons. The quantitative estimate of drug-likeness (QED) is 0.334. The van der Waals surface area contributed by atoms with Crippen molar-refractivity contribution in [2.24, 2.45) is 0 Å². The van der Waals surface area contributed by atoms with Gasteiger partial charge >= 0.3 is 0 Å². The number of hydrogen-bond donors (Lipinski definition) is 4. The third-order valence-corrected chi connectivity index (χ3v) is 7.08. The van der Waals surface area contributed by atoms with E-state index in [-0.39, 0.29) is 44.4 Å². The summed E-state index contributed by atoms with van der Waals surface area (Å²) in [6, 6.07) is 10.2. The Morgan fingerprint density at radius 1 is 1.13 bits per heavy atom. The Balaban J connectivity index is 1.80. The number of rotatable bonds is 11. The van der Waals surface area contributed by atoms with E-state index in [2.05, 4.69) is 5.32 Å². The molecule has 4 N–H and O–H groups in total. The van der Waals surface area contributed by atoms with Crippen molar-refractivity contribution in [2.75, 3.05) is 33.5 Å². The number of fused-ring (bicyclic) bond motifs is 3. The molecule has 10 nitrogen and oxygen atoms in total. The van der Waals surface area contributed by atoms with Gasteiger partial charge in [-0.1, -0.05) is 29.8 Å². The SMILES string of the molecule is CCOCC(=O)N(Cc1ccc(C)cc1)C1C=C(C(=O)NCCO)C2c3cc(CO)cc(OC)c3OC2C1O. The van der Waals surface area contributed by atoms with E-state index >= 15 is 0 Å². The van der Waals surface area contributed by atoms with Gasteiger partial charge in [-0.05, 0) is 43.2 Å². The van der Waals surface area contributed by atoms with Crippen LogP contribution in [0.3, 0.4) is 0 Å². The fourth-order valence-corrected chi connectivity index (χ4v) is 5.14. The Morgan fingerprint density at radius 2 is 1.87 bits per heavy atom. The summed E-state index contributed by atoms with van der Waals surface area (Å²) in [6.45, 7) is 3.63. The van der Waals surface area contributed by atoms with E-state index in [0.717, 1.165) is 11.1 Å². The van der Waals surface area contributed by atoms with Crippen molar-refractivity contribution in [3.05, 3.63) is 70.3 Å². The van der Waals surface area contributed by atoms with Crippen LogP contribution in [0.2, 0.25) is 0 Å². The average Bonchev–Trinajstić information content (AvgIpc) is 3.34. The molecule has 0 aromatic heterocycles. The fraction of sp³-hybridized carbons (Fsp3) is 0.448. The van der Waals surface area contributed by atoms with Gasteiger partial charge in [-0.3, -0.25) is 9.59 Å². The lowest BCUT2D eigenvalue weighted by Crippen LogP contribution is -2.56. The maximum absolute atomic E-state index is 13.4. The number of benzene rings is 2. The highest BCUT2D eigenvalue weighted by molar-refractivity contribution is 5.96. The molecule has 2 aromatic carbocycles. The maximum Gasteiger partial charge on any atom is 0.249 e. The highest BCUT2D eigenvalue weighted by atomic mass is 16.5. The number of nitrogens with one attached hydrogen (secondary N) is 1. The van der Waals surface area contributed by atoms with Gasteiger partial charge in [0, 0.05) is 30.8 Å². The Hall–Kier alpha value is -3.44. The molecule has 2 aliphatic rings. The Morgan fingerprint density at radius 3 is 2.51 bits per heavy atom. The zero-order valence-electron chi connectivity index (χ0n) is 22.4. The molecule has 2 amide bonds. The fourth-order valence-electron chi connectivity index (χ4n) is 5.14. The molecule has 1 heterocycles. The lowest BCUT2D eigenvalue weighted by Gasteiger charge is -2.40. The number of aryl methyl sites for hydroxylation is 1. The van der Waals surface area contributed by atoms with Crippen molar-refractivity contribution in [1.82, 2.24) is 10.2 Å². The summed E-state index contributed by atoms with van der Waals surface area (Å²) >= 11 is 0. The molecule has 0 saturated carbocycles. The van der Waals surface area contributed by atoms with E-state index < -0.39 is 30.1 Å². The van der Waals surface area contributed by atoms with Gasteiger partial charge < -0.3 is 39.7 Å². The molecule has 0 bridgehead atoms. The Bertz CT molecular complexity index is 1210. The molecular weight excluding hydrogens is 504 g/mol. The summed E-state index contributed by atoms with van der Waals surface area (Å²) in [5, 5.41) is 33.5. The lowest BCUT2D eigenvalue weighted by atomic mass is 9.77. The van der Waals surface area contributed by atoms with E-state index in [9.17, 15) is 24.9 Å². The number of methoxy groups -OCH3 is 1. The summed E-state index contributed by atoms with van der Waals surface area (Å²) < 4.78 is 17.1. The minimum atomic E-state index is -1.20. The summed E-state index contributed by atoms with van der Waals surface area (Å²) in [5.41, 5.74) is 3.37. The topological polar surface area (TPSA) is 138 Å². The zero-order valence-corrected chi connectivity index (χ0v) is 22.4. The third-order valence-electron chi connectivity index (χ3n) is 7.08. The minimum absolute atomic E-state index is 0.0326.